The number of nitrogens with zero attached hydrogens (tertiary/aromatic N) is 3. The first kappa shape index (κ1) is 20.4. The Labute approximate surface area is 179 Å². The van der Waals surface area contributed by atoms with Crippen LogP contribution in [0.15, 0.2) is 47.6 Å². The van der Waals surface area contributed by atoms with Gasteiger partial charge in [-0.25, -0.2) is 9.07 Å². The van der Waals surface area contributed by atoms with Crippen LogP contribution in [0.4, 0.5) is 4.39 Å². The van der Waals surface area contributed by atoms with Gasteiger partial charge in [-0.1, -0.05) is 42.1 Å². The van der Waals surface area contributed by atoms with E-state index in [1.807, 2.05) is 6.92 Å². The van der Waals surface area contributed by atoms with Gasteiger partial charge in [-0.2, -0.15) is 0 Å². The van der Waals surface area contributed by atoms with Crippen molar-refractivity contribution in [1.82, 2.24) is 20.2 Å². The first-order chi connectivity index (χ1) is 14.5. The lowest BCUT2D eigenvalue weighted by Gasteiger charge is -2.20. The summed E-state index contributed by atoms with van der Waals surface area (Å²) in [6.07, 6.45) is 4.72. The number of halogens is 1. The maximum atomic E-state index is 14.0. The molecule has 0 saturated carbocycles. The number of fused-ring (bicyclic) bond motifs is 1. The number of aromatic nitrogens is 3. The van der Waals surface area contributed by atoms with Crippen LogP contribution in [0, 0.1) is 5.82 Å². The van der Waals surface area contributed by atoms with Crippen molar-refractivity contribution in [1.29, 1.82) is 0 Å². The summed E-state index contributed by atoms with van der Waals surface area (Å²) in [7, 11) is 0. The number of nitrogen functional groups attached to an aromatic ring is 1. The van der Waals surface area contributed by atoms with Gasteiger partial charge in [-0.15, -0.1) is 10.2 Å². The fraction of sp³-hybridized carbons (Fsp3) is 0.318. The average molecular weight is 426 g/mol. The van der Waals surface area contributed by atoms with Gasteiger partial charge < -0.3 is 11.2 Å². The number of carbonyl (C=O) groups excluding carboxylic acids is 1. The second kappa shape index (κ2) is 8.87. The Balaban J connectivity index is 1.37. The molecule has 0 radical (unpaired) electrons. The van der Waals surface area contributed by atoms with Crippen LogP contribution in [0.1, 0.15) is 42.5 Å². The molecule has 6 nitrogen and oxygen atoms in total. The number of carbonyl (C=O) groups is 1. The Bertz CT molecular complexity index is 1070. The molecule has 1 amide bonds. The number of hydrogen-bond acceptors (Lipinski definition) is 5. The predicted octanol–water partition coefficient (Wildman–Crippen LogP) is 3.65. The molecule has 3 aromatic rings. The second-order valence-corrected chi connectivity index (χ2v) is 8.41. The number of hydrogen-bond donors (Lipinski definition) is 2. The third-order valence-electron chi connectivity index (χ3n) is 5.36. The highest BCUT2D eigenvalue weighted by atomic mass is 32.2. The molecule has 156 valence electrons. The fourth-order valence-corrected chi connectivity index (χ4v) is 4.39. The molecule has 0 fully saturated rings. The van der Waals surface area contributed by atoms with Crippen LogP contribution in [0.5, 0.6) is 0 Å². The number of rotatable bonds is 6. The summed E-state index contributed by atoms with van der Waals surface area (Å²) >= 11 is 1.17. The fourth-order valence-electron chi connectivity index (χ4n) is 3.72. The van der Waals surface area contributed by atoms with Gasteiger partial charge in [0.1, 0.15) is 5.82 Å². The molecule has 0 saturated heterocycles. The second-order valence-electron chi connectivity index (χ2n) is 7.47. The molecule has 2 aromatic carbocycles. The highest BCUT2D eigenvalue weighted by Gasteiger charge is 2.18. The SMILES string of the molecule is CC(NC(=O)CSc1nnc(-c2ccccc2F)n1N)c1ccc2c(c1)CCCC2. The third kappa shape index (κ3) is 4.33. The first-order valence-corrected chi connectivity index (χ1v) is 11.0. The van der Waals surface area contributed by atoms with Crippen LogP contribution in [-0.4, -0.2) is 26.5 Å². The lowest BCUT2D eigenvalue weighted by Crippen LogP contribution is -2.28. The Kier molecular flexibility index (Phi) is 6.03. The van der Waals surface area contributed by atoms with E-state index in [0.29, 0.717) is 5.16 Å². The standard InChI is InChI=1S/C22H24FN5OS/c1-14(16-11-10-15-6-2-3-7-17(15)12-16)25-20(29)13-30-22-27-26-21(28(22)24)18-8-4-5-9-19(18)23/h4-5,8-12,14H,2-3,6-7,13,24H2,1H3,(H,25,29). The Morgan fingerprint density at radius 3 is 2.77 bits per heavy atom. The molecule has 0 aliphatic heterocycles. The summed E-state index contributed by atoms with van der Waals surface area (Å²) in [5.41, 5.74) is 4.20. The minimum atomic E-state index is -0.426. The number of benzene rings is 2. The van der Waals surface area contributed by atoms with Crippen LogP contribution >= 0.6 is 11.8 Å². The van der Waals surface area contributed by atoms with Crippen molar-refractivity contribution < 1.29 is 9.18 Å². The van der Waals surface area contributed by atoms with Gasteiger partial charge >= 0.3 is 0 Å². The van der Waals surface area contributed by atoms with Crippen molar-refractivity contribution in [3.63, 3.8) is 0 Å². The highest BCUT2D eigenvalue weighted by Crippen LogP contribution is 2.26. The van der Waals surface area contributed by atoms with Crippen molar-refractivity contribution in [3.8, 4) is 11.4 Å². The zero-order valence-corrected chi connectivity index (χ0v) is 17.6. The molecule has 30 heavy (non-hydrogen) atoms. The molecule has 1 aromatic heterocycles. The molecular formula is C22H24FN5OS. The van der Waals surface area contributed by atoms with E-state index in [9.17, 15) is 9.18 Å². The average Bonchev–Trinajstić information content (AvgIpc) is 3.12. The van der Waals surface area contributed by atoms with E-state index in [1.165, 1.54) is 46.5 Å². The zero-order valence-electron chi connectivity index (χ0n) is 16.8. The lowest BCUT2D eigenvalue weighted by atomic mass is 9.89. The van der Waals surface area contributed by atoms with E-state index in [0.717, 1.165) is 18.4 Å². The van der Waals surface area contributed by atoms with Crippen LogP contribution < -0.4 is 11.2 Å². The summed E-state index contributed by atoms with van der Waals surface area (Å²) < 4.78 is 15.2. The number of nitrogens with two attached hydrogens (primary N) is 1. The van der Waals surface area contributed by atoms with Crippen molar-refractivity contribution in [2.45, 2.75) is 43.8 Å². The topological polar surface area (TPSA) is 85.8 Å². The molecule has 1 aliphatic carbocycles. The van der Waals surface area contributed by atoms with E-state index in [-0.39, 0.29) is 29.1 Å². The molecule has 1 heterocycles. The van der Waals surface area contributed by atoms with Gasteiger partial charge in [0, 0.05) is 0 Å². The maximum Gasteiger partial charge on any atom is 0.230 e. The van der Waals surface area contributed by atoms with Crippen LogP contribution in [-0.2, 0) is 17.6 Å². The maximum absolute atomic E-state index is 14.0. The Hall–Kier alpha value is -2.87. The summed E-state index contributed by atoms with van der Waals surface area (Å²) in [6.45, 7) is 1.98. The smallest absolute Gasteiger partial charge is 0.230 e. The van der Waals surface area contributed by atoms with E-state index < -0.39 is 5.82 Å². The molecule has 8 heteroatoms. The normalized spacial score (nSPS) is 14.2. The van der Waals surface area contributed by atoms with Gasteiger partial charge in [-0.05, 0) is 61.4 Å². The molecular weight excluding hydrogens is 401 g/mol. The summed E-state index contributed by atoms with van der Waals surface area (Å²) in [4.78, 5) is 12.4. The quantitative estimate of drug-likeness (QED) is 0.465. The molecule has 0 bridgehead atoms. The predicted molar refractivity (Wildman–Crippen MR) is 116 cm³/mol. The molecule has 4 rings (SSSR count). The molecule has 3 N–H and O–H groups in total. The molecule has 0 spiro atoms. The minimum Gasteiger partial charge on any atom is -0.349 e. The summed E-state index contributed by atoms with van der Waals surface area (Å²) in [5.74, 6) is 5.83. The van der Waals surface area contributed by atoms with Crippen molar-refractivity contribution in [2.24, 2.45) is 0 Å². The summed E-state index contributed by atoms with van der Waals surface area (Å²) in [6, 6.07) is 12.6. The molecule has 1 unspecified atom stereocenters. The van der Waals surface area contributed by atoms with Crippen molar-refractivity contribution in [3.05, 3.63) is 65.0 Å². The van der Waals surface area contributed by atoms with Crippen molar-refractivity contribution in [2.75, 3.05) is 11.6 Å². The molecule has 1 atom stereocenters. The van der Waals surface area contributed by atoms with Gasteiger partial charge in [0.15, 0.2) is 5.82 Å². The van der Waals surface area contributed by atoms with E-state index >= 15 is 0 Å². The number of amides is 1. The van der Waals surface area contributed by atoms with Crippen LogP contribution in [0.2, 0.25) is 0 Å². The van der Waals surface area contributed by atoms with Gasteiger partial charge in [0.2, 0.25) is 11.1 Å². The van der Waals surface area contributed by atoms with Crippen molar-refractivity contribution >= 4 is 17.7 Å². The molecule has 1 aliphatic rings. The monoisotopic (exact) mass is 425 g/mol. The number of nitrogens with one attached hydrogen (secondary N) is 1. The third-order valence-corrected chi connectivity index (χ3v) is 6.30. The number of aryl methyl sites for hydroxylation is 2. The number of thioether (sulfide) groups is 1. The van der Waals surface area contributed by atoms with E-state index in [4.69, 9.17) is 5.84 Å². The summed E-state index contributed by atoms with van der Waals surface area (Å²) in [5, 5.41) is 11.3. The van der Waals surface area contributed by atoms with E-state index in [2.05, 4.69) is 33.7 Å². The van der Waals surface area contributed by atoms with Crippen LogP contribution in [0.25, 0.3) is 11.4 Å². The first-order valence-electron chi connectivity index (χ1n) is 10.0. The zero-order chi connectivity index (χ0) is 21.1. The minimum absolute atomic E-state index is 0.0879. The van der Waals surface area contributed by atoms with E-state index in [1.54, 1.807) is 18.2 Å². The van der Waals surface area contributed by atoms with Crippen LogP contribution in [0.3, 0.4) is 0 Å². The Morgan fingerprint density at radius 1 is 1.20 bits per heavy atom. The van der Waals surface area contributed by atoms with Gasteiger partial charge in [0.05, 0.1) is 17.4 Å². The highest BCUT2D eigenvalue weighted by molar-refractivity contribution is 7.99. The largest absolute Gasteiger partial charge is 0.349 e. The van der Waals surface area contributed by atoms with Gasteiger partial charge in [-0.3, -0.25) is 4.79 Å². The Morgan fingerprint density at radius 2 is 1.97 bits per heavy atom. The van der Waals surface area contributed by atoms with Gasteiger partial charge in [0.25, 0.3) is 0 Å². The lowest BCUT2D eigenvalue weighted by molar-refractivity contribution is -0.119.